The van der Waals surface area contributed by atoms with Crippen LogP contribution >= 0.6 is 11.6 Å². The standard InChI is InChI=1S/C24H27ClN2O5S/c1-33(31,32)27-22-13-17(7-9-24(22)30)11-19(28)15-26-21(12-16-5-3-2-4-6-16)18-8-10-23(29)20(25)14-18/h2-10,13-14,19,21,26-30H,11-12,15H2,1H3. The Bertz CT molecular complexity index is 1190. The Morgan fingerprint density at radius 3 is 2.27 bits per heavy atom. The van der Waals surface area contributed by atoms with Gasteiger partial charge in [0.1, 0.15) is 11.5 Å². The maximum atomic E-state index is 11.5. The van der Waals surface area contributed by atoms with Crippen LogP contribution in [0.4, 0.5) is 5.69 Å². The van der Waals surface area contributed by atoms with Crippen molar-refractivity contribution >= 4 is 27.3 Å². The van der Waals surface area contributed by atoms with Crippen LogP contribution in [0.3, 0.4) is 0 Å². The number of phenols is 2. The molecule has 3 aromatic carbocycles. The first-order chi connectivity index (χ1) is 15.6. The molecule has 33 heavy (non-hydrogen) atoms. The number of hydrogen-bond acceptors (Lipinski definition) is 6. The van der Waals surface area contributed by atoms with Crippen molar-refractivity contribution in [1.82, 2.24) is 5.32 Å². The molecular weight excluding hydrogens is 464 g/mol. The summed E-state index contributed by atoms with van der Waals surface area (Å²) in [6.45, 7) is 0.256. The molecule has 0 heterocycles. The number of benzene rings is 3. The number of halogens is 1. The molecule has 2 atom stereocenters. The number of aliphatic hydroxyl groups excluding tert-OH is 1. The molecule has 3 rings (SSSR count). The Morgan fingerprint density at radius 1 is 0.909 bits per heavy atom. The molecular formula is C24H27ClN2O5S. The number of aromatic hydroxyl groups is 2. The van der Waals surface area contributed by atoms with Gasteiger partial charge in [-0.3, -0.25) is 4.72 Å². The van der Waals surface area contributed by atoms with Gasteiger partial charge in [-0.25, -0.2) is 8.42 Å². The SMILES string of the molecule is CS(=O)(=O)Nc1cc(CC(O)CNC(Cc2ccccc2)c2ccc(O)c(Cl)c2)ccc1O. The predicted octanol–water partition coefficient (Wildman–Crippen LogP) is 3.60. The Morgan fingerprint density at radius 2 is 1.61 bits per heavy atom. The largest absolute Gasteiger partial charge is 0.506 e. The van der Waals surface area contributed by atoms with Crippen molar-refractivity contribution in [1.29, 1.82) is 0 Å². The van der Waals surface area contributed by atoms with E-state index in [-0.39, 0.29) is 41.2 Å². The molecule has 7 nitrogen and oxygen atoms in total. The van der Waals surface area contributed by atoms with Crippen molar-refractivity contribution in [2.24, 2.45) is 0 Å². The second-order valence-corrected chi connectivity index (χ2v) is 10.1. The second-order valence-electron chi connectivity index (χ2n) is 7.95. The lowest BCUT2D eigenvalue weighted by Crippen LogP contribution is -2.32. The van der Waals surface area contributed by atoms with Crippen LogP contribution in [0, 0.1) is 0 Å². The van der Waals surface area contributed by atoms with Gasteiger partial charge in [0.15, 0.2) is 0 Å². The van der Waals surface area contributed by atoms with E-state index in [2.05, 4.69) is 10.0 Å². The predicted molar refractivity (Wildman–Crippen MR) is 130 cm³/mol. The number of hydrogen-bond donors (Lipinski definition) is 5. The fraction of sp³-hybridized carbons (Fsp3) is 0.250. The van der Waals surface area contributed by atoms with Crippen LogP contribution in [0.2, 0.25) is 5.02 Å². The molecule has 0 saturated carbocycles. The van der Waals surface area contributed by atoms with Crippen molar-refractivity contribution < 1.29 is 23.7 Å². The van der Waals surface area contributed by atoms with Crippen molar-refractivity contribution in [2.75, 3.05) is 17.5 Å². The van der Waals surface area contributed by atoms with Crippen LogP contribution in [0.5, 0.6) is 11.5 Å². The molecule has 0 saturated heterocycles. The molecule has 0 aliphatic carbocycles. The van der Waals surface area contributed by atoms with Crippen LogP contribution in [0.1, 0.15) is 22.7 Å². The first kappa shape index (κ1) is 24.9. The summed E-state index contributed by atoms with van der Waals surface area (Å²) in [6, 6.07) is 19.3. The molecule has 0 spiro atoms. The molecule has 0 fully saturated rings. The Kier molecular flexibility index (Phi) is 8.20. The van der Waals surface area contributed by atoms with Crippen molar-refractivity contribution in [3.05, 3.63) is 88.4 Å². The maximum absolute atomic E-state index is 11.5. The molecule has 0 aliphatic rings. The molecule has 0 aromatic heterocycles. The van der Waals surface area contributed by atoms with Crippen molar-refractivity contribution in [3.8, 4) is 11.5 Å². The zero-order chi connectivity index (χ0) is 24.0. The number of rotatable bonds is 10. The first-order valence-electron chi connectivity index (χ1n) is 10.3. The fourth-order valence-corrected chi connectivity index (χ4v) is 4.26. The topological polar surface area (TPSA) is 119 Å². The summed E-state index contributed by atoms with van der Waals surface area (Å²) in [4.78, 5) is 0. The zero-order valence-electron chi connectivity index (χ0n) is 18.1. The first-order valence-corrected chi connectivity index (χ1v) is 12.6. The molecule has 2 unspecified atom stereocenters. The van der Waals surface area contributed by atoms with Crippen LogP contribution in [-0.2, 0) is 22.9 Å². The van der Waals surface area contributed by atoms with E-state index >= 15 is 0 Å². The van der Waals surface area contributed by atoms with Gasteiger partial charge >= 0.3 is 0 Å². The highest BCUT2D eigenvalue weighted by molar-refractivity contribution is 7.92. The van der Waals surface area contributed by atoms with E-state index in [1.54, 1.807) is 24.3 Å². The summed E-state index contributed by atoms with van der Waals surface area (Å²) in [6.07, 6.45) is 1.13. The van der Waals surface area contributed by atoms with Gasteiger partial charge in [-0.05, 0) is 53.8 Å². The number of aliphatic hydroxyl groups is 1. The lowest BCUT2D eigenvalue weighted by molar-refractivity contribution is 0.167. The summed E-state index contributed by atoms with van der Waals surface area (Å²) < 4.78 is 25.2. The number of anilines is 1. The Labute approximate surface area is 198 Å². The smallest absolute Gasteiger partial charge is 0.229 e. The minimum Gasteiger partial charge on any atom is -0.506 e. The van der Waals surface area contributed by atoms with Gasteiger partial charge in [0.05, 0.1) is 23.1 Å². The van der Waals surface area contributed by atoms with Gasteiger partial charge < -0.3 is 20.6 Å². The number of sulfonamides is 1. The fourth-order valence-electron chi connectivity index (χ4n) is 3.51. The lowest BCUT2D eigenvalue weighted by Gasteiger charge is -2.22. The van der Waals surface area contributed by atoms with Crippen LogP contribution in [0.15, 0.2) is 66.7 Å². The molecule has 3 aromatic rings. The van der Waals surface area contributed by atoms with Gasteiger partial charge in [0.25, 0.3) is 0 Å². The van der Waals surface area contributed by atoms with Crippen molar-refractivity contribution in [3.63, 3.8) is 0 Å². The monoisotopic (exact) mass is 490 g/mol. The Hall–Kier alpha value is -2.78. The Balaban J connectivity index is 1.71. The average Bonchev–Trinajstić information content (AvgIpc) is 2.75. The lowest BCUT2D eigenvalue weighted by atomic mass is 9.98. The zero-order valence-corrected chi connectivity index (χ0v) is 19.6. The van der Waals surface area contributed by atoms with Crippen LogP contribution < -0.4 is 10.0 Å². The normalized spacial score (nSPS) is 13.4. The minimum atomic E-state index is -3.55. The highest BCUT2D eigenvalue weighted by atomic mass is 35.5. The molecule has 0 amide bonds. The third-order valence-corrected chi connectivity index (χ3v) is 5.98. The molecule has 5 N–H and O–H groups in total. The van der Waals surface area contributed by atoms with E-state index in [1.807, 2.05) is 30.3 Å². The molecule has 0 bridgehead atoms. The van der Waals surface area contributed by atoms with E-state index < -0.39 is 16.1 Å². The van der Waals surface area contributed by atoms with Gasteiger partial charge in [-0.1, -0.05) is 54.1 Å². The van der Waals surface area contributed by atoms with E-state index in [1.165, 1.54) is 12.1 Å². The molecule has 176 valence electrons. The molecule has 0 aliphatic heterocycles. The summed E-state index contributed by atoms with van der Waals surface area (Å²) in [5, 5.41) is 33.9. The van der Waals surface area contributed by atoms with Crippen LogP contribution in [0.25, 0.3) is 0 Å². The number of phenolic OH excluding ortho intramolecular Hbond substituents is 2. The average molecular weight is 491 g/mol. The summed E-state index contributed by atoms with van der Waals surface area (Å²) in [5.41, 5.74) is 2.71. The van der Waals surface area contributed by atoms with E-state index in [9.17, 15) is 23.7 Å². The minimum absolute atomic E-state index is 0.00440. The van der Waals surface area contributed by atoms with E-state index in [0.29, 0.717) is 12.0 Å². The number of nitrogens with one attached hydrogen (secondary N) is 2. The second kappa shape index (κ2) is 10.9. The van der Waals surface area contributed by atoms with Gasteiger partial charge in [0.2, 0.25) is 10.0 Å². The highest BCUT2D eigenvalue weighted by Crippen LogP contribution is 2.29. The van der Waals surface area contributed by atoms with Crippen molar-refractivity contribution in [2.45, 2.75) is 25.0 Å². The third kappa shape index (κ3) is 7.64. The third-order valence-electron chi connectivity index (χ3n) is 5.08. The quantitative estimate of drug-likeness (QED) is 0.277. The van der Waals surface area contributed by atoms with E-state index in [0.717, 1.165) is 17.4 Å². The van der Waals surface area contributed by atoms with E-state index in [4.69, 9.17) is 11.6 Å². The van der Waals surface area contributed by atoms with Gasteiger partial charge in [-0.2, -0.15) is 0 Å². The van der Waals surface area contributed by atoms with Gasteiger partial charge in [0, 0.05) is 12.6 Å². The highest BCUT2D eigenvalue weighted by Gasteiger charge is 2.17. The summed E-state index contributed by atoms with van der Waals surface area (Å²) in [7, 11) is -3.55. The molecule has 9 heteroatoms. The maximum Gasteiger partial charge on any atom is 0.229 e. The molecule has 0 radical (unpaired) electrons. The van der Waals surface area contributed by atoms with Gasteiger partial charge in [-0.15, -0.1) is 0 Å². The summed E-state index contributed by atoms with van der Waals surface area (Å²) in [5.74, 6) is -0.186. The van der Waals surface area contributed by atoms with Crippen LogP contribution in [-0.4, -0.2) is 42.6 Å². The summed E-state index contributed by atoms with van der Waals surface area (Å²) >= 11 is 6.11.